The zero-order valence-corrected chi connectivity index (χ0v) is 25.7. The summed E-state index contributed by atoms with van der Waals surface area (Å²) in [6.07, 6.45) is 4.56. The lowest BCUT2D eigenvalue weighted by molar-refractivity contribution is -0.228. The molecule has 9 aliphatic rings. The van der Waals surface area contributed by atoms with Crippen molar-refractivity contribution >= 4 is 11.9 Å². The molecule has 2 aromatic carbocycles. The second-order valence-electron chi connectivity index (χ2n) is 15.1. The number of ether oxygens (including phenoxy) is 2. The van der Waals surface area contributed by atoms with E-state index in [4.69, 9.17) is 9.47 Å². The summed E-state index contributed by atoms with van der Waals surface area (Å²) in [4.78, 5) is 30.5. The van der Waals surface area contributed by atoms with E-state index in [1.807, 2.05) is 23.9 Å². The summed E-state index contributed by atoms with van der Waals surface area (Å²) in [5.41, 5.74) is 0.186. The summed E-state index contributed by atoms with van der Waals surface area (Å²) in [6.45, 7) is 0.997. The first kappa shape index (κ1) is 28.9. The zero-order valence-electron chi connectivity index (χ0n) is 25.7. The number of fused-ring (bicyclic) bond motifs is 2. The number of likely N-dealkylation sites (tertiary alicyclic amines) is 2. The van der Waals surface area contributed by atoms with Crippen molar-refractivity contribution in [3.63, 3.8) is 0 Å². The Bertz CT molecular complexity index is 1580. The molecule has 6 nitrogen and oxygen atoms in total. The van der Waals surface area contributed by atoms with Crippen molar-refractivity contribution in [1.29, 1.82) is 0 Å². The van der Waals surface area contributed by atoms with Gasteiger partial charge in [-0.1, -0.05) is 12.1 Å². The van der Waals surface area contributed by atoms with Gasteiger partial charge in [0.25, 0.3) is 0 Å². The number of halogens is 4. The molecule has 8 fully saturated rings. The van der Waals surface area contributed by atoms with Crippen molar-refractivity contribution in [2.45, 2.75) is 49.0 Å². The summed E-state index contributed by atoms with van der Waals surface area (Å²) >= 11 is 0. The van der Waals surface area contributed by atoms with Crippen LogP contribution in [0, 0.1) is 70.6 Å². The highest BCUT2D eigenvalue weighted by Crippen LogP contribution is 2.77. The van der Waals surface area contributed by atoms with E-state index >= 15 is 8.78 Å². The molecule has 7 bridgehead atoms. The van der Waals surface area contributed by atoms with Gasteiger partial charge in [-0.3, -0.25) is 9.80 Å². The molecular weight excluding hydrogens is 600 g/mol. The minimum atomic E-state index is -0.907. The molecule has 46 heavy (non-hydrogen) atoms. The predicted molar refractivity (Wildman–Crippen MR) is 157 cm³/mol. The zero-order chi connectivity index (χ0) is 31.9. The summed E-state index contributed by atoms with van der Waals surface area (Å²) in [5.74, 6) is -4.62. The predicted octanol–water partition coefficient (Wildman–Crippen LogP) is 5.16. The molecule has 2 saturated heterocycles. The Morgan fingerprint density at radius 2 is 1.07 bits per heavy atom. The minimum Gasteiger partial charge on any atom is -0.443 e. The maximum absolute atomic E-state index is 15.1. The molecule has 0 spiro atoms. The van der Waals surface area contributed by atoms with Gasteiger partial charge in [0, 0.05) is 47.9 Å². The Labute approximate surface area is 264 Å². The molecule has 6 aliphatic carbocycles. The van der Waals surface area contributed by atoms with Gasteiger partial charge < -0.3 is 9.47 Å². The Hall–Kier alpha value is -3.24. The highest BCUT2D eigenvalue weighted by atomic mass is 19.2. The Morgan fingerprint density at radius 3 is 1.48 bits per heavy atom. The van der Waals surface area contributed by atoms with E-state index in [1.54, 1.807) is 12.1 Å². The topological polar surface area (TPSA) is 59.1 Å². The number of esters is 2. The number of hydrogen-bond donors (Lipinski definition) is 0. The fourth-order valence-corrected chi connectivity index (χ4v) is 12.8. The first-order chi connectivity index (χ1) is 22.1. The van der Waals surface area contributed by atoms with E-state index in [1.165, 1.54) is 24.3 Å². The maximum atomic E-state index is 15.1. The van der Waals surface area contributed by atoms with Gasteiger partial charge in [0.05, 0.1) is 0 Å². The highest BCUT2D eigenvalue weighted by Gasteiger charge is 2.77. The molecule has 0 radical (unpaired) electrons. The van der Waals surface area contributed by atoms with Crippen LogP contribution in [0.4, 0.5) is 17.6 Å². The van der Waals surface area contributed by atoms with Gasteiger partial charge in [0.15, 0.2) is 35.7 Å². The Morgan fingerprint density at radius 1 is 0.630 bits per heavy atom. The largest absolute Gasteiger partial charge is 0.443 e. The monoisotopic (exact) mass is 636 g/mol. The molecule has 10 heteroatoms. The highest BCUT2D eigenvalue weighted by molar-refractivity contribution is 5.91. The molecular formula is C36H36F4N2O4. The van der Waals surface area contributed by atoms with Gasteiger partial charge in [-0.15, -0.1) is 0 Å². The molecule has 10 atom stereocenters. The van der Waals surface area contributed by atoms with E-state index in [9.17, 15) is 18.4 Å². The molecule has 6 saturated carbocycles. The third-order valence-corrected chi connectivity index (χ3v) is 13.7. The molecule has 242 valence electrons. The lowest BCUT2D eigenvalue weighted by Gasteiger charge is -2.72. The number of benzene rings is 2. The van der Waals surface area contributed by atoms with Gasteiger partial charge in [0.1, 0.15) is 0 Å². The van der Waals surface area contributed by atoms with Crippen molar-refractivity contribution in [3.05, 3.63) is 82.9 Å². The molecule has 2 aromatic rings. The first-order valence-corrected chi connectivity index (χ1v) is 16.5. The minimum absolute atomic E-state index is 0.0482. The SMILES string of the molecule is CN1CC2(c3ccc(F)c(F)c3)C3CCC4C5C6CCC(C53)C3(c5ccc(F)c(F)c5)CN(C)C(OC(=O)/C=C\C(=O)OC1C42)C63. The molecule has 11 rings (SSSR count). The van der Waals surface area contributed by atoms with Gasteiger partial charge >= 0.3 is 11.9 Å². The first-order valence-electron chi connectivity index (χ1n) is 16.5. The Balaban J connectivity index is 1.31. The number of hydrogen-bond acceptors (Lipinski definition) is 6. The standard InChI is InChI=1S/C36H36F4N2O4/c1-41-15-35(17-3-9-23(37)25(39)13-17)21-7-5-19-29-20-6-8-22(30(21)29)36(18-4-10-24(38)26(40)14-18)16-42(2)34(32(20)36)46-28(44)12-11-27(43)45-33(41)31(19)35/h3-4,9-14,19-22,29-34H,5-8,15-16H2,1-2H3/b12-11-. The molecule has 3 heterocycles. The van der Waals surface area contributed by atoms with Crippen molar-refractivity contribution in [3.8, 4) is 0 Å². The smallest absolute Gasteiger partial charge is 0.332 e. The van der Waals surface area contributed by atoms with Gasteiger partial charge in [-0.05, 0) is 111 Å². The number of carbonyl (C=O) groups excluding carboxylic acids is 2. The molecule has 0 aromatic heterocycles. The molecule has 10 unspecified atom stereocenters. The van der Waals surface area contributed by atoms with Crippen molar-refractivity contribution in [2.75, 3.05) is 27.2 Å². The van der Waals surface area contributed by atoms with E-state index in [-0.39, 0.29) is 47.3 Å². The second-order valence-corrected chi connectivity index (χ2v) is 15.1. The lowest BCUT2D eigenvalue weighted by Crippen LogP contribution is -2.71. The van der Waals surface area contributed by atoms with Gasteiger partial charge in [-0.2, -0.15) is 0 Å². The molecule has 0 N–H and O–H groups in total. The fraction of sp³-hybridized carbons (Fsp3) is 0.556. The summed E-state index contributed by atoms with van der Waals surface area (Å²) in [5, 5.41) is 0. The fourth-order valence-electron chi connectivity index (χ4n) is 12.8. The second kappa shape index (κ2) is 9.66. The van der Waals surface area contributed by atoms with Gasteiger partial charge in [-0.25, -0.2) is 27.2 Å². The van der Waals surface area contributed by atoms with Crippen LogP contribution in [-0.2, 0) is 29.9 Å². The summed E-state index contributed by atoms with van der Waals surface area (Å²) in [6, 6.07) is 8.48. The van der Waals surface area contributed by atoms with Crippen molar-refractivity contribution in [2.24, 2.45) is 47.3 Å². The number of carbonyl (C=O) groups is 2. The van der Waals surface area contributed by atoms with Crippen LogP contribution in [0.5, 0.6) is 0 Å². The third-order valence-electron chi connectivity index (χ3n) is 13.7. The van der Waals surface area contributed by atoms with Crippen LogP contribution >= 0.6 is 0 Å². The van der Waals surface area contributed by atoms with Gasteiger partial charge in [0.2, 0.25) is 0 Å². The number of likely N-dealkylation sites (N-methyl/N-ethyl adjacent to an activating group) is 2. The average Bonchev–Trinajstić information content (AvgIpc) is 3.52. The molecule has 0 amide bonds. The summed E-state index contributed by atoms with van der Waals surface area (Å²) < 4.78 is 71.2. The van der Waals surface area contributed by atoms with Crippen LogP contribution in [-0.4, -0.2) is 61.4 Å². The van der Waals surface area contributed by atoms with Crippen LogP contribution in [0.2, 0.25) is 0 Å². The average molecular weight is 637 g/mol. The maximum Gasteiger partial charge on any atom is 0.332 e. The van der Waals surface area contributed by atoms with E-state index in [2.05, 4.69) is 0 Å². The lowest BCUT2D eigenvalue weighted by atomic mass is 9.31. The van der Waals surface area contributed by atoms with Crippen LogP contribution in [0.15, 0.2) is 48.6 Å². The van der Waals surface area contributed by atoms with Crippen molar-refractivity contribution < 1.29 is 36.6 Å². The van der Waals surface area contributed by atoms with E-state index in [0.717, 1.165) is 49.0 Å². The van der Waals surface area contributed by atoms with E-state index in [0.29, 0.717) is 13.1 Å². The van der Waals surface area contributed by atoms with Crippen LogP contribution in [0.25, 0.3) is 0 Å². The quantitative estimate of drug-likeness (QED) is 0.336. The Kier molecular flexibility index (Phi) is 6.08. The van der Waals surface area contributed by atoms with Crippen molar-refractivity contribution in [1.82, 2.24) is 9.80 Å². The van der Waals surface area contributed by atoms with Crippen LogP contribution < -0.4 is 0 Å². The normalized spacial score (nSPS) is 44.8. The van der Waals surface area contributed by atoms with Crippen LogP contribution in [0.1, 0.15) is 36.8 Å². The number of nitrogens with zero attached hydrogens (tertiary/aromatic N) is 2. The van der Waals surface area contributed by atoms with Crippen LogP contribution in [0.3, 0.4) is 0 Å². The molecule has 3 aliphatic heterocycles. The number of rotatable bonds is 2. The summed E-state index contributed by atoms with van der Waals surface area (Å²) in [7, 11) is 3.82. The van der Waals surface area contributed by atoms with E-state index < -0.39 is 58.5 Å². The third kappa shape index (κ3) is 3.50.